The molecule has 2 heterocycles. The van der Waals surface area contributed by atoms with Gasteiger partial charge in [-0.2, -0.15) is 0 Å². The van der Waals surface area contributed by atoms with Crippen LogP contribution in [0, 0.1) is 0 Å². The lowest BCUT2D eigenvalue weighted by atomic mass is 10.0. The number of likely N-dealkylation sites (tertiary alicyclic amines) is 1. The Morgan fingerprint density at radius 3 is 2.62 bits per heavy atom. The average Bonchev–Trinajstić information content (AvgIpc) is 2.80. The number of nitrogens with one attached hydrogen (secondary N) is 2. The summed E-state index contributed by atoms with van der Waals surface area (Å²) >= 11 is 5.96. The lowest BCUT2D eigenvalue weighted by Gasteiger charge is -2.33. The molecule has 7 nitrogen and oxygen atoms in total. The molecule has 0 unspecified atom stereocenters. The van der Waals surface area contributed by atoms with Crippen LogP contribution in [0.4, 0.5) is 4.79 Å². The normalized spacial score (nSPS) is 15.1. The summed E-state index contributed by atoms with van der Waals surface area (Å²) in [4.78, 5) is 36.6. The molecule has 0 bridgehead atoms. The van der Waals surface area contributed by atoms with E-state index in [4.69, 9.17) is 11.6 Å². The van der Waals surface area contributed by atoms with Crippen molar-refractivity contribution in [2.75, 3.05) is 19.6 Å². The zero-order valence-corrected chi connectivity index (χ0v) is 18.9. The van der Waals surface area contributed by atoms with Crippen molar-refractivity contribution in [3.8, 4) is 0 Å². The fourth-order valence-corrected chi connectivity index (χ4v) is 4.19. The number of piperidine rings is 1. The molecule has 168 valence electrons. The minimum atomic E-state index is -0.185. The van der Waals surface area contributed by atoms with Crippen molar-refractivity contribution < 1.29 is 4.79 Å². The SMILES string of the molecule is CCN(Cc1nc2ccccc2c(=O)[nH]1)C(=O)NC1CCN(Cc2ccc(Cl)cc2)CC1. The van der Waals surface area contributed by atoms with Crippen molar-refractivity contribution >= 4 is 28.5 Å². The summed E-state index contributed by atoms with van der Waals surface area (Å²) in [6, 6.07) is 15.2. The fraction of sp³-hybridized carbons (Fsp3) is 0.375. The van der Waals surface area contributed by atoms with Gasteiger partial charge in [0.2, 0.25) is 0 Å². The Morgan fingerprint density at radius 2 is 1.91 bits per heavy atom. The van der Waals surface area contributed by atoms with Gasteiger partial charge in [0.15, 0.2) is 0 Å². The van der Waals surface area contributed by atoms with Gasteiger partial charge in [0, 0.05) is 37.2 Å². The lowest BCUT2D eigenvalue weighted by molar-refractivity contribution is 0.168. The quantitative estimate of drug-likeness (QED) is 0.595. The van der Waals surface area contributed by atoms with Crippen molar-refractivity contribution in [3.05, 3.63) is 75.3 Å². The van der Waals surface area contributed by atoms with Gasteiger partial charge in [0.05, 0.1) is 17.4 Å². The Bertz CT molecular complexity index is 1120. The number of fused-ring (bicyclic) bond motifs is 1. The summed E-state index contributed by atoms with van der Waals surface area (Å²) in [5.74, 6) is 0.489. The van der Waals surface area contributed by atoms with Crippen molar-refractivity contribution in [1.82, 2.24) is 25.1 Å². The summed E-state index contributed by atoms with van der Waals surface area (Å²) in [5.41, 5.74) is 1.69. The maximum Gasteiger partial charge on any atom is 0.318 e. The van der Waals surface area contributed by atoms with Gasteiger partial charge in [-0.15, -0.1) is 0 Å². The molecule has 8 heteroatoms. The van der Waals surface area contributed by atoms with Gasteiger partial charge < -0.3 is 15.2 Å². The Kier molecular flexibility index (Phi) is 7.07. The summed E-state index contributed by atoms with van der Waals surface area (Å²) in [5, 5.41) is 4.46. The largest absolute Gasteiger partial charge is 0.335 e. The monoisotopic (exact) mass is 453 g/mol. The van der Waals surface area contributed by atoms with Gasteiger partial charge in [0.25, 0.3) is 5.56 Å². The molecule has 0 aliphatic carbocycles. The van der Waals surface area contributed by atoms with Crippen LogP contribution >= 0.6 is 11.6 Å². The Labute approximate surface area is 192 Å². The van der Waals surface area contributed by atoms with Gasteiger partial charge in [0.1, 0.15) is 5.82 Å². The molecular formula is C24H28ClN5O2. The molecule has 1 saturated heterocycles. The Hall–Kier alpha value is -2.90. The van der Waals surface area contributed by atoms with Crippen LogP contribution < -0.4 is 10.9 Å². The minimum absolute atomic E-state index is 0.126. The van der Waals surface area contributed by atoms with E-state index in [0.29, 0.717) is 23.3 Å². The average molecular weight is 454 g/mol. The number of H-pyrrole nitrogens is 1. The third-order valence-electron chi connectivity index (χ3n) is 5.91. The maximum atomic E-state index is 12.9. The van der Waals surface area contributed by atoms with E-state index in [0.717, 1.165) is 37.5 Å². The van der Waals surface area contributed by atoms with Gasteiger partial charge >= 0.3 is 6.03 Å². The first-order valence-corrected chi connectivity index (χ1v) is 11.4. The molecule has 0 spiro atoms. The van der Waals surface area contributed by atoms with E-state index in [1.54, 1.807) is 11.0 Å². The van der Waals surface area contributed by atoms with Crippen LogP contribution in [-0.4, -0.2) is 51.5 Å². The molecule has 0 atom stereocenters. The first kappa shape index (κ1) is 22.3. The second kappa shape index (κ2) is 10.1. The highest BCUT2D eigenvalue weighted by molar-refractivity contribution is 6.30. The number of nitrogens with zero attached hydrogens (tertiary/aromatic N) is 3. The molecule has 1 aliphatic rings. The fourth-order valence-electron chi connectivity index (χ4n) is 4.07. The molecule has 2 amide bonds. The molecular weight excluding hydrogens is 426 g/mol. The summed E-state index contributed by atoms with van der Waals surface area (Å²) in [6.07, 6.45) is 1.81. The second-order valence-electron chi connectivity index (χ2n) is 8.17. The molecule has 4 rings (SSSR count). The van der Waals surface area contributed by atoms with Crippen LogP contribution in [-0.2, 0) is 13.1 Å². The molecule has 2 N–H and O–H groups in total. The van der Waals surface area contributed by atoms with E-state index in [1.807, 2.05) is 37.3 Å². The molecule has 0 radical (unpaired) electrons. The summed E-state index contributed by atoms with van der Waals surface area (Å²) in [7, 11) is 0. The van der Waals surface area contributed by atoms with E-state index >= 15 is 0 Å². The molecule has 1 aromatic heterocycles. The maximum absolute atomic E-state index is 12.9. The number of para-hydroxylation sites is 1. The number of rotatable bonds is 6. The van der Waals surface area contributed by atoms with E-state index in [-0.39, 0.29) is 24.2 Å². The Morgan fingerprint density at radius 1 is 1.19 bits per heavy atom. The first-order valence-electron chi connectivity index (χ1n) is 11.0. The number of hydrogen-bond donors (Lipinski definition) is 2. The number of aromatic amines is 1. The molecule has 32 heavy (non-hydrogen) atoms. The predicted octanol–water partition coefficient (Wildman–Crippen LogP) is 3.77. The number of carbonyl (C=O) groups is 1. The topological polar surface area (TPSA) is 81.3 Å². The smallest absolute Gasteiger partial charge is 0.318 e. The highest BCUT2D eigenvalue weighted by atomic mass is 35.5. The zero-order chi connectivity index (χ0) is 22.5. The van der Waals surface area contributed by atoms with Gasteiger partial charge in [-0.25, -0.2) is 9.78 Å². The van der Waals surface area contributed by atoms with Crippen molar-refractivity contribution in [1.29, 1.82) is 0 Å². The number of aromatic nitrogens is 2. The zero-order valence-electron chi connectivity index (χ0n) is 18.2. The van der Waals surface area contributed by atoms with E-state index in [1.165, 1.54) is 5.56 Å². The second-order valence-corrected chi connectivity index (χ2v) is 8.61. The number of benzene rings is 2. The van der Waals surface area contributed by atoms with Gasteiger partial charge in [-0.3, -0.25) is 9.69 Å². The van der Waals surface area contributed by atoms with Crippen LogP contribution in [0.5, 0.6) is 0 Å². The highest BCUT2D eigenvalue weighted by Gasteiger charge is 2.23. The predicted molar refractivity (Wildman–Crippen MR) is 127 cm³/mol. The molecule has 0 saturated carbocycles. The lowest BCUT2D eigenvalue weighted by Crippen LogP contribution is -2.49. The molecule has 1 aliphatic heterocycles. The number of urea groups is 1. The van der Waals surface area contributed by atoms with E-state index in [2.05, 4.69) is 32.3 Å². The number of hydrogen-bond acceptors (Lipinski definition) is 4. The van der Waals surface area contributed by atoms with Crippen LogP contribution in [0.2, 0.25) is 5.02 Å². The number of amides is 2. The summed E-state index contributed by atoms with van der Waals surface area (Å²) < 4.78 is 0. The van der Waals surface area contributed by atoms with Crippen molar-refractivity contribution in [2.24, 2.45) is 0 Å². The third kappa shape index (κ3) is 5.47. The first-order chi connectivity index (χ1) is 15.5. The standard InChI is InChI=1S/C24H28ClN5O2/c1-2-30(16-22-27-21-6-4-3-5-20(21)23(31)28-22)24(32)26-19-11-13-29(14-12-19)15-17-7-9-18(25)10-8-17/h3-10,19H,2,11-16H2,1H3,(H,26,32)(H,27,28,31). The minimum Gasteiger partial charge on any atom is -0.335 e. The Balaban J connectivity index is 1.31. The van der Waals surface area contributed by atoms with Gasteiger partial charge in [-0.1, -0.05) is 35.9 Å². The van der Waals surface area contributed by atoms with E-state index in [9.17, 15) is 9.59 Å². The van der Waals surface area contributed by atoms with Gasteiger partial charge in [-0.05, 0) is 49.6 Å². The third-order valence-corrected chi connectivity index (χ3v) is 6.16. The molecule has 2 aromatic carbocycles. The van der Waals surface area contributed by atoms with E-state index < -0.39 is 0 Å². The van der Waals surface area contributed by atoms with Crippen molar-refractivity contribution in [3.63, 3.8) is 0 Å². The van der Waals surface area contributed by atoms with Crippen LogP contribution in [0.3, 0.4) is 0 Å². The highest BCUT2D eigenvalue weighted by Crippen LogP contribution is 2.16. The number of carbonyl (C=O) groups excluding carboxylic acids is 1. The van der Waals surface area contributed by atoms with Crippen LogP contribution in [0.15, 0.2) is 53.3 Å². The summed E-state index contributed by atoms with van der Waals surface area (Å²) in [6.45, 7) is 5.46. The van der Waals surface area contributed by atoms with Crippen molar-refractivity contribution in [2.45, 2.75) is 38.9 Å². The molecule has 3 aromatic rings. The van der Waals surface area contributed by atoms with Crippen LogP contribution in [0.1, 0.15) is 31.2 Å². The van der Waals surface area contributed by atoms with Crippen LogP contribution in [0.25, 0.3) is 10.9 Å². The number of halogens is 1. The molecule has 1 fully saturated rings.